The molecule has 1 heterocycles. The Labute approximate surface area is 133 Å². The van der Waals surface area contributed by atoms with Crippen LogP contribution in [-0.2, 0) is 6.54 Å². The zero-order chi connectivity index (χ0) is 15.2. The molecular weight excluding hydrogens is 309 g/mol. The van der Waals surface area contributed by atoms with Gasteiger partial charge in [0.2, 0.25) is 0 Å². The Kier molecular flexibility index (Phi) is 6.08. The number of aryl methyl sites for hydroxylation is 1. The van der Waals surface area contributed by atoms with Crippen LogP contribution in [-0.4, -0.2) is 22.6 Å². The zero-order valence-corrected chi connectivity index (χ0v) is 13.7. The van der Waals surface area contributed by atoms with Crippen LogP contribution in [0.15, 0.2) is 35.4 Å². The lowest BCUT2D eigenvalue weighted by atomic mass is 10.2. The number of thioether (sulfide) groups is 1. The average molecular weight is 328 g/mol. The van der Waals surface area contributed by atoms with E-state index in [1.54, 1.807) is 18.3 Å². The summed E-state index contributed by atoms with van der Waals surface area (Å²) in [6.07, 6.45) is 2.66. The number of nitrogens with zero attached hydrogens (tertiary/aromatic N) is 2. The molecule has 0 aliphatic rings. The van der Waals surface area contributed by atoms with E-state index in [9.17, 15) is 4.39 Å². The molecule has 0 fully saturated rings. The predicted octanol–water partition coefficient (Wildman–Crippen LogP) is 4.14. The summed E-state index contributed by atoms with van der Waals surface area (Å²) in [4.78, 5) is 0.649. The molecule has 0 spiro atoms. The summed E-state index contributed by atoms with van der Waals surface area (Å²) < 4.78 is 15.6. The summed E-state index contributed by atoms with van der Waals surface area (Å²) in [6, 6.07) is 6.83. The summed E-state index contributed by atoms with van der Waals surface area (Å²) in [6.45, 7) is 2.92. The fourth-order valence-electron chi connectivity index (χ4n) is 2.14. The van der Waals surface area contributed by atoms with Crippen LogP contribution < -0.4 is 5.32 Å². The molecule has 0 aliphatic heterocycles. The predicted molar refractivity (Wildman–Crippen MR) is 86.5 cm³/mol. The number of nitrogens with one attached hydrogen (secondary N) is 1. The number of halogens is 2. The molecule has 114 valence electrons. The quantitative estimate of drug-likeness (QED) is 0.775. The first-order chi connectivity index (χ1) is 10.2. The topological polar surface area (TPSA) is 29.9 Å². The third kappa shape index (κ3) is 3.99. The van der Waals surface area contributed by atoms with Crippen molar-refractivity contribution in [2.75, 3.05) is 12.8 Å². The molecule has 1 unspecified atom stereocenters. The maximum absolute atomic E-state index is 13.7. The van der Waals surface area contributed by atoms with Crippen LogP contribution in [0.5, 0.6) is 0 Å². The number of benzene rings is 1. The van der Waals surface area contributed by atoms with Gasteiger partial charge in [-0.05, 0) is 25.6 Å². The maximum Gasteiger partial charge on any atom is 0.136 e. The molecule has 0 saturated carbocycles. The highest BCUT2D eigenvalue weighted by Gasteiger charge is 2.19. The van der Waals surface area contributed by atoms with Gasteiger partial charge in [0.15, 0.2) is 0 Å². The van der Waals surface area contributed by atoms with Crippen molar-refractivity contribution in [3.63, 3.8) is 0 Å². The molecule has 1 atom stereocenters. The van der Waals surface area contributed by atoms with E-state index in [0.717, 1.165) is 18.7 Å². The molecule has 2 aromatic rings. The molecule has 0 saturated heterocycles. The smallest absolute Gasteiger partial charge is 0.136 e. The van der Waals surface area contributed by atoms with Crippen molar-refractivity contribution in [3.8, 4) is 0 Å². The Balaban J connectivity index is 2.13. The number of hydrogen-bond acceptors (Lipinski definition) is 3. The molecule has 0 bridgehead atoms. The average Bonchev–Trinajstić information content (AvgIpc) is 2.84. The first-order valence-electron chi connectivity index (χ1n) is 6.93. The van der Waals surface area contributed by atoms with Gasteiger partial charge in [-0.25, -0.2) is 4.39 Å². The lowest BCUT2D eigenvalue weighted by molar-refractivity contribution is 0.524. The molecule has 6 heteroatoms. The first kappa shape index (κ1) is 16.3. The minimum absolute atomic E-state index is 0.0242. The van der Waals surface area contributed by atoms with Gasteiger partial charge in [0, 0.05) is 17.2 Å². The molecule has 1 aromatic carbocycles. The van der Waals surface area contributed by atoms with E-state index in [1.165, 1.54) is 17.8 Å². The second-order valence-corrected chi connectivity index (χ2v) is 6.15. The summed E-state index contributed by atoms with van der Waals surface area (Å²) >= 11 is 7.74. The van der Waals surface area contributed by atoms with Crippen LogP contribution in [0.3, 0.4) is 0 Å². The second-order valence-electron chi connectivity index (χ2n) is 4.68. The van der Waals surface area contributed by atoms with Crippen molar-refractivity contribution in [1.82, 2.24) is 15.1 Å². The Morgan fingerprint density at radius 3 is 2.86 bits per heavy atom. The number of aromatic nitrogens is 2. The standard InChI is InChI=1S/C15H19ClFN3S/c1-3-8-20-15(11(16)9-19-20)13(18-2)10-21-14-7-5-4-6-12(14)17/h4-7,9,13,18H,3,8,10H2,1-2H3. The van der Waals surface area contributed by atoms with Crippen LogP contribution in [0.25, 0.3) is 0 Å². The third-order valence-electron chi connectivity index (χ3n) is 3.19. The van der Waals surface area contributed by atoms with Gasteiger partial charge in [0.1, 0.15) is 5.82 Å². The van der Waals surface area contributed by atoms with Gasteiger partial charge in [-0.1, -0.05) is 30.7 Å². The Morgan fingerprint density at radius 1 is 1.43 bits per heavy atom. The van der Waals surface area contributed by atoms with E-state index in [2.05, 4.69) is 17.3 Å². The van der Waals surface area contributed by atoms with Crippen LogP contribution in [0.4, 0.5) is 4.39 Å². The van der Waals surface area contributed by atoms with Gasteiger partial charge in [-0.2, -0.15) is 5.10 Å². The van der Waals surface area contributed by atoms with Crippen molar-refractivity contribution >= 4 is 23.4 Å². The van der Waals surface area contributed by atoms with Gasteiger partial charge in [-0.3, -0.25) is 4.68 Å². The maximum atomic E-state index is 13.7. The van der Waals surface area contributed by atoms with Gasteiger partial charge >= 0.3 is 0 Å². The summed E-state index contributed by atoms with van der Waals surface area (Å²) in [7, 11) is 1.88. The Hall–Kier alpha value is -1.04. The summed E-state index contributed by atoms with van der Waals surface area (Å²) in [5.41, 5.74) is 0.963. The fourth-order valence-corrected chi connectivity index (χ4v) is 3.47. The van der Waals surface area contributed by atoms with Gasteiger partial charge in [0.25, 0.3) is 0 Å². The zero-order valence-electron chi connectivity index (χ0n) is 12.1. The molecule has 0 amide bonds. The van der Waals surface area contributed by atoms with E-state index in [0.29, 0.717) is 15.7 Å². The lowest BCUT2D eigenvalue weighted by Crippen LogP contribution is -2.23. The van der Waals surface area contributed by atoms with Crippen LogP contribution in [0, 0.1) is 5.82 Å². The molecule has 21 heavy (non-hydrogen) atoms. The summed E-state index contributed by atoms with van der Waals surface area (Å²) in [5.74, 6) is 0.498. The first-order valence-corrected chi connectivity index (χ1v) is 8.29. The number of rotatable bonds is 7. The summed E-state index contributed by atoms with van der Waals surface area (Å²) in [5, 5.41) is 8.20. The third-order valence-corrected chi connectivity index (χ3v) is 4.62. The van der Waals surface area contributed by atoms with Crippen LogP contribution >= 0.6 is 23.4 Å². The molecular formula is C15H19ClFN3S. The van der Waals surface area contributed by atoms with Gasteiger partial charge < -0.3 is 5.32 Å². The molecule has 1 N–H and O–H groups in total. The highest BCUT2D eigenvalue weighted by Crippen LogP contribution is 2.30. The Bertz CT molecular complexity index is 588. The van der Waals surface area contributed by atoms with E-state index in [4.69, 9.17) is 11.6 Å². The van der Waals surface area contributed by atoms with E-state index in [1.807, 2.05) is 17.8 Å². The van der Waals surface area contributed by atoms with Crippen molar-refractivity contribution in [3.05, 3.63) is 47.0 Å². The molecule has 0 radical (unpaired) electrons. The van der Waals surface area contributed by atoms with Gasteiger partial charge in [0.05, 0.1) is 23.0 Å². The van der Waals surface area contributed by atoms with E-state index >= 15 is 0 Å². The van der Waals surface area contributed by atoms with Crippen LogP contribution in [0.2, 0.25) is 5.02 Å². The molecule has 2 rings (SSSR count). The van der Waals surface area contributed by atoms with Crippen molar-refractivity contribution < 1.29 is 4.39 Å². The van der Waals surface area contributed by atoms with E-state index in [-0.39, 0.29) is 11.9 Å². The van der Waals surface area contributed by atoms with Crippen molar-refractivity contribution in [1.29, 1.82) is 0 Å². The lowest BCUT2D eigenvalue weighted by Gasteiger charge is -2.18. The molecule has 3 nitrogen and oxygen atoms in total. The highest BCUT2D eigenvalue weighted by atomic mass is 35.5. The van der Waals surface area contributed by atoms with Crippen molar-refractivity contribution in [2.24, 2.45) is 0 Å². The largest absolute Gasteiger partial charge is 0.311 e. The van der Waals surface area contributed by atoms with E-state index < -0.39 is 0 Å². The highest BCUT2D eigenvalue weighted by molar-refractivity contribution is 7.99. The molecule has 0 aliphatic carbocycles. The monoisotopic (exact) mass is 327 g/mol. The number of hydrogen-bond donors (Lipinski definition) is 1. The van der Waals surface area contributed by atoms with Gasteiger partial charge in [-0.15, -0.1) is 11.8 Å². The Morgan fingerprint density at radius 2 is 2.19 bits per heavy atom. The second kappa shape index (κ2) is 7.82. The van der Waals surface area contributed by atoms with Crippen molar-refractivity contribution in [2.45, 2.75) is 30.8 Å². The fraction of sp³-hybridized carbons (Fsp3) is 0.400. The SMILES string of the molecule is CCCn1ncc(Cl)c1C(CSc1ccccc1F)NC. The molecule has 1 aromatic heterocycles. The normalized spacial score (nSPS) is 12.6. The minimum atomic E-state index is -0.189. The van der Waals surface area contributed by atoms with Crippen LogP contribution in [0.1, 0.15) is 25.1 Å². The minimum Gasteiger partial charge on any atom is -0.311 e.